The summed E-state index contributed by atoms with van der Waals surface area (Å²) in [7, 11) is 3.04. The van der Waals surface area contributed by atoms with Crippen molar-refractivity contribution in [3.63, 3.8) is 0 Å². The smallest absolute Gasteiger partial charge is 0.414 e. The number of nitrogens with zero attached hydrogens (tertiary/aromatic N) is 5. The summed E-state index contributed by atoms with van der Waals surface area (Å²) in [4.78, 5) is 85.2. The first-order valence-corrected chi connectivity index (χ1v) is 19.3. The number of rotatable bonds is 14. The van der Waals surface area contributed by atoms with Crippen molar-refractivity contribution in [2.24, 2.45) is 14.1 Å². The van der Waals surface area contributed by atoms with E-state index < -0.39 is 47.8 Å². The number of anilines is 4. The lowest BCUT2D eigenvalue weighted by Gasteiger charge is -2.25. The van der Waals surface area contributed by atoms with Crippen molar-refractivity contribution in [1.82, 2.24) is 24.4 Å². The SMILES string of the molecule is Cn1cc(NC(=O)c2nc(NC(=O)CCC(=O)Nc3ccc4c5c(cc(OCc6ccccc6)c4c3)N(C(=O)OC(C)(C)C)CC5CCl)cn2C)nc1C(=O)NCC(=O)O. The highest BCUT2D eigenvalue weighted by Gasteiger charge is 2.37. The van der Waals surface area contributed by atoms with Gasteiger partial charge in [-0.1, -0.05) is 36.4 Å². The minimum Gasteiger partial charge on any atom is -0.488 e. The molecule has 0 radical (unpaired) electrons. The predicted octanol–water partition coefficient (Wildman–Crippen LogP) is 5.39. The third-order valence-electron chi connectivity index (χ3n) is 9.19. The lowest BCUT2D eigenvalue weighted by Crippen LogP contribution is -2.36. The molecule has 0 fully saturated rings. The summed E-state index contributed by atoms with van der Waals surface area (Å²) in [5.74, 6) is -3.21. The number of hydrogen-bond acceptors (Lipinski definition) is 10. The Morgan fingerprint density at radius 2 is 1.47 bits per heavy atom. The minimum atomic E-state index is -1.23. The first kappa shape index (κ1) is 42.7. The third kappa shape index (κ3) is 10.2. The van der Waals surface area contributed by atoms with Gasteiger partial charge in [0.25, 0.3) is 11.8 Å². The Morgan fingerprint density at radius 3 is 2.10 bits per heavy atom. The van der Waals surface area contributed by atoms with Crippen LogP contribution in [0.2, 0.25) is 0 Å². The van der Waals surface area contributed by atoms with E-state index in [-0.39, 0.29) is 54.5 Å². The highest BCUT2D eigenvalue weighted by molar-refractivity contribution is 6.19. The number of carbonyl (C=O) groups is 6. The van der Waals surface area contributed by atoms with E-state index in [0.717, 1.165) is 16.5 Å². The Labute approximate surface area is 349 Å². The molecule has 0 spiro atoms. The molecule has 314 valence electrons. The molecule has 6 rings (SSSR count). The van der Waals surface area contributed by atoms with E-state index in [2.05, 4.69) is 31.2 Å². The lowest BCUT2D eigenvalue weighted by molar-refractivity contribution is -0.135. The van der Waals surface area contributed by atoms with E-state index in [1.807, 2.05) is 36.4 Å². The topological polar surface area (TPSA) is 228 Å². The fraction of sp³-hybridized carbons (Fsp3) is 0.317. The molecule has 5 N–H and O–H groups in total. The van der Waals surface area contributed by atoms with Crippen LogP contribution in [0.3, 0.4) is 0 Å². The van der Waals surface area contributed by atoms with Crippen LogP contribution < -0.4 is 30.9 Å². The first-order chi connectivity index (χ1) is 28.5. The van der Waals surface area contributed by atoms with Gasteiger partial charge in [0, 0.05) is 74.8 Å². The molecule has 60 heavy (non-hydrogen) atoms. The number of alkyl halides is 1. The van der Waals surface area contributed by atoms with Gasteiger partial charge >= 0.3 is 12.1 Å². The normalized spacial score (nSPS) is 13.4. The number of amides is 5. The zero-order valence-electron chi connectivity index (χ0n) is 33.5. The molecule has 18 nitrogen and oxygen atoms in total. The highest BCUT2D eigenvalue weighted by Crippen LogP contribution is 2.47. The van der Waals surface area contributed by atoms with Crippen LogP contribution in [0.15, 0.2) is 67.0 Å². The Kier molecular flexibility index (Phi) is 12.7. The van der Waals surface area contributed by atoms with Crippen LogP contribution in [0.25, 0.3) is 10.8 Å². The molecule has 19 heteroatoms. The summed E-state index contributed by atoms with van der Waals surface area (Å²) in [5.41, 5.74) is 2.19. The zero-order valence-corrected chi connectivity index (χ0v) is 34.3. The molecule has 1 aliphatic heterocycles. The molecule has 1 unspecified atom stereocenters. The summed E-state index contributed by atoms with van der Waals surface area (Å²) in [6.07, 6.45) is 1.92. The van der Waals surface area contributed by atoms with Gasteiger partial charge in [-0.05, 0) is 49.4 Å². The number of fused-ring (bicyclic) bond motifs is 3. The third-order valence-corrected chi connectivity index (χ3v) is 9.56. The summed E-state index contributed by atoms with van der Waals surface area (Å²) >= 11 is 6.46. The van der Waals surface area contributed by atoms with E-state index in [9.17, 15) is 28.8 Å². The van der Waals surface area contributed by atoms with E-state index in [1.165, 1.54) is 35.6 Å². The lowest BCUT2D eigenvalue weighted by atomic mass is 9.95. The molecule has 2 aromatic heterocycles. The molecule has 3 heterocycles. The number of carbonyl (C=O) groups excluding carboxylic acids is 5. The van der Waals surface area contributed by atoms with Crippen LogP contribution in [0.4, 0.5) is 27.8 Å². The molecule has 0 saturated carbocycles. The maximum atomic E-state index is 13.4. The van der Waals surface area contributed by atoms with Crippen LogP contribution in [0.1, 0.15) is 71.9 Å². The number of aromatic nitrogens is 4. The van der Waals surface area contributed by atoms with Gasteiger partial charge in [0.1, 0.15) is 24.5 Å². The second-order valence-electron chi connectivity index (χ2n) is 15.0. The number of hydrogen-bond donors (Lipinski definition) is 5. The number of aryl methyl sites for hydroxylation is 2. The Hall–Kier alpha value is -6.95. The molecule has 0 aliphatic carbocycles. The van der Waals surface area contributed by atoms with Crippen LogP contribution >= 0.6 is 11.6 Å². The maximum Gasteiger partial charge on any atom is 0.414 e. The van der Waals surface area contributed by atoms with Crippen molar-refractivity contribution < 1.29 is 43.3 Å². The molecular formula is C41H44ClN9O9. The van der Waals surface area contributed by atoms with Crippen molar-refractivity contribution in [1.29, 1.82) is 0 Å². The summed E-state index contributed by atoms with van der Waals surface area (Å²) in [6, 6.07) is 16.8. The van der Waals surface area contributed by atoms with Gasteiger partial charge in [-0.25, -0.2) is 14.8 Å². The number of ether oxygens (including phenoxy) is 2. The Bertz CT molecular complexity index is 2480. The number of carboxylic acid groups (broad SMARTS) is 1. The van der Waals surface area contributed by atoms with Gasteiger partial charge in [-0.3, -0.25) is 28.9 Å². The minimum absolute atomic E-state index is 0.0122. The maximum absolute atomic E-state index is 13.4. The van der Waals surface area contributed by atoms with Crippen molar-refractivity contribution in [2.45, 2.75) is 51.7 Å². The molecule has 3 aromatic carbocycles. The second-order valence-corrected chi connectivity index (χ2v) is 15.3. The van der Waals surface area contributed by atoms with E-state index in [1.54, 1.807) is 43.9 Å². The molecule has 0 saturated heterocycles. The van der Waals surface area contributed by atoms with Crippen molar-refractivity contribution >= 4 is 81.1 Å². The summed E-state index contributed by atoms with van der Waals surface area (Å²) in [6.45, 7) is 5.38. The van der Waals surface area contributed by atoms with Crippen LogP contribution in [0, 0.1) is 0 Å². The number of carboxylic acids is 1. The number of imidazole rings is 2. The number of aliphatic carboxylic acids is 1. The summed E-state index contributed by atoms with van der Waals surface area (Å²) < 4.78 is 14.8. The molecular weight excluding hydrogens is 798 g/mol. The van der Waals surface area contributed by atoms with E-state index >= 15 is 0 Å². The molecule has 5 amide bonds. The van der Waals surface area contributed by atoms with Crippen molar-refractivity contribution in [3.05, 3.63) is 89.8 Å². The van der Waals surface area contributed by atoms with Crippen LogP contribution in [-0.2, 0) is 39.8 Å². The molecule has 1 atom stereocenters. The predicted molar refractivity (Wildman–Crippen MR) is 223 cm³/mol. The van der Waals surface area contributed by atoms with Gasteiger partial charge in [-0.15, -0.1) is 11.6 Å². The number of benzene rings is 3. The quantitative estimate of drug-likeness (QED) is 0.0891. The molecule has 1 aliphatic rings. The second kappa shape index (κ2) is 17.9. The van der Waals surface area contributed by atoms with Gasteiger partial charge in [-0.2, -0.15) is 0 Å². The van der Waals surface area contributed by atoms with E-state index in [4.69, 9.17) is 26.2 Å². The van der Waals surface area contributed by atoms with Gasteiger partial charge in [0.2, 0.25) is 23.5 Å². The average Bonchev–Trinajstić information content (AvgIpc) is 3.88. The fourth-order valence-corrected chi connectivity index (χ4v) is 6.80. The monoisotopic (exact) mass is 841 g/mol. The molecule has 0 bridgehead atoms. The van der Waals surface area contributed by atoms with Gasteiger partial charge in [0.15, 0.2) is 11.6 Å². The van der Waals surface area contributed by atoms with Gasteiger partial charge in [0.05, 0.1) is 5.69 Å². The number of nitrogens with one attached hydrogen (secondary N) is 4. The average molecular weight is 842 g/mol. The van der Waals surface area contributed by atoms with Crippen LogP contribution in [-0.4, -0.2) is 84.5 Å². The standard InChI is InChI=1S/C41H44ClN9O9/c1-41(2,3)60-40(58)51-19-24(17-42)35-26-12-11-25(15-27(26)29(16-28(35)51)59-22-23-9-7-6-8-10-23)44-32(52)13-14-33(53)45-30-20-50(5)37(46-30)39(57)48-31-21-49(4)36(47-31)38(56)43-18-34(54)55/h6-12,15-16,20-21,24H,13-14,17-19,22H2,1-5H3,(H,43,56)(H,44,52)(H,45,53)(H,48,57)(H,54,55). The van der Waals surface area contributed by atoms with Crippen molar-refractivity contribution in [2.75, 3.05) is 39.8 Å². The van der Waals surface area contributed by atoms with Crippen molar-refractivity contribution in [3.8, 4) is 5.75 Å². The van der Waals surface area contributed by atoms with Gasteiger partial charge < -0.3 is 45.0 Å². The first-order valence-electron chi connectivity index (χ1n) is 18.8. The van der Waals surface area contributed by atoms with Crippen LogP contribution in [0.5, 0.6) is 5.75 Å². The zero-order chi connectivity index (χ0) is 43.3. The summed E-state index contributed by atoms with van der Waals surface area (Å²) in [5, 5.41) is 20.5. The Morgan fingerprint density at radius 1 is 0.833 bits per heavy atom. The fourth-order valence-electron chi connectivity index (χ4n) is 6.55. The highest BCUT2D eigenvalue weighted by atomic mass is 35.5. The largest absolute Gasteiger partial charge is 0.488 e. The molecule has 5 aromatic rings. The number of halogens is 1. The Balaban J connectivity index is 1.12. The van der Waals surface area contributed by atoms with E-state index in [0.29, 0.717) is 29.1 Å².